The van der Waals surface area contributed by atoms with Crippen LogP contribution in [0.15, 0.2) is 28.7 Å². The monoisotopic (exact) mass is 427 g/mol. The van der Waals surface area contributed by atoms with E-state index in [-0.39, 0.29) is 23.8 Å². The summed E-state index contributed by atoms with van der Waals surface area (Å²) in [6.07, 6.45) is 2.80. The number of amides is 1. The van der Waals surface area contributed by atoms with E-state index in [1.807, 2.05) is 36.1 Å². The van der Waals surface area contributed by atoms with Crippen molar-refractivity contribution in [1.82, 2.24) is 20.5 Å². The highest BCUT2D eigenvalue weighted by atomic mass is 16.4. The quantitative estimate of drug-likeness (QED) is 0.728. The molecule has 168 valence electrons. The highest BCUT2D eigenvalue weighted by molar-refractivity contribution is 5.86. The van der Waals surface area contributed by atoms with Crippen molar-refractivity contribution in [2.24, 2.45) is 0 Å². The van der Waals surface area contributed by atoms with Crippen LogP contribution in [-0.4, -0.2) is 71.9 Å². The largest absolute Gasteiger partial charge is 0.423 e. The van der Waals surface area contributed by atoms with Crippen LogP contribution in [0.2, 0.25) is 0 Å². The Labute approximate surface area is 183 Å². The first-order valence-electron chi connectivity index (χ1n) is 11.3. The standard InChI is InChI=1S/C23H33N5O3/c1-16-14-24-15-23(3,17(2)29)28(16)13-11-25-21(30)19-9-6-7-12-27(19)22-26-18-8-4-5-10-20(18)31-22/h4-5,8,10,16,19,24H,6-7,9,11-15H2,1-3H3,(H,25,30)/t16-,19+,23-/m1/s1. The molecule has 2 saturated heterocycles. The van der Waals surface area contributed by atoms with Gasteiger partial charge in [0.15, 0.2) is 11.4 Å². The molecule has 8 nitrogen and oxygen atoms in total. The predicted octanol–water partition coefficient (Wildman–Crippen LogP) is 1.94. The fourth-order valence-electron chi connectivity index (χ4n) is 4.85. The molecule has 3 atom stereocenters. The van der Waals surface area contributed by atoms with Crippen LogP contribution in [0.3, 0.4) is 0 Å². The molecule has 1 aromatic carbocycles. The smallest absolute Gasteiger partial charge is 0.299 e. The molecular formula is C23H33N5O3. The molecule has 2 aliphatic rings. The molecule has 0 aliphatic carbocycles. The van der Waals surface area contributed by atoms with E-state index >= 15 is 0 Å². The number of carbonyl (C=O) groups is 2. The fourth-order valence-corrected chi connectivity index (χ4v) is 4.85. The van der Waals surface area contributed by atoms with Gasteiger partial charge in [0.25, 0.3) is 6.01 Å². The maximum Gasteiger partial charge on any atom is 0.299 e. The first kappa shape index (κ1) is 21.8. The highest BCUT2D eigenvalue weighted by Gasteiger charge is 2.41. The van der Waals surface area contributed by atoms with Gasteiger partial charge in [-0.25, -0.2) is 0 Å². The summed E-state index contributed by atoms with van der Waals surface area (Å²) in [6, 6.07) is 8.12. The molecule has 0 unspecified atom stereocenters. The number of aromatic nitrogens is 1. The third-order valence-corrected chi connectivity index (χ3v) is 6.82. The SMILES string of the molecule is CC(=O)[C@@]1(C)CNC[C@@H](C)N1CCNC(=O)[C@@H]1CCCCN1c1nc2ccccc2o1. The summed E-state index contributed by atoms with van der Waals surface area (Å²) >= 11 is 0. The second kappa shape index (κ2) is 8.96. The van der Waals surface area contributed by atoms with Gasteiger partial charge in [-0.2, -0.15) is 4.98 Å². The van der Waals surface area contributed by atoms with Gasteiger partial charge in [0.05, 0.1) is 5.54 Å². The maximum atomic E-state index is 13.1. The highest BCUT2D eigenvalue weighted by Crippen LogP contribution is 2.28. The summed E-state index contributed by atoms with van der Waals surface area (Å²) in [5.41, 5.74) is 0.995. The Bertz CT molecular complexity index is 911. The van der Waals surface area contributed by atoms with Gasteiger partial charge < -0.3 is 20.0 Å². The van der Waals surface area contributed by atoms with Gasteiger partial charge >= 0.3 is 0 Å². The number of ketones is 1. The maximum absolute atomic E-state index is 13.1. The molecule has 2 aliphatic heterocycles. The molecule has 0 saturated carbocycles. The second-order valence-electron chi connectivity index (χ2n) is 8.96. The Morgan fingerprint density at radius 3 is 2.90 bits per heavy atom. The van der Waals surface area contributed by atoms with Crippen LogP contribution in [0.5, 0.6) is 0 Å². The van der Waals surface area contributed by atoms with Gasteiger partial charge in [-0.1, -0.05) is 12.1 Å². The number of anilines is 1. The molecule has 31 heavy (non-hydrogen) atoms. The molecule has 1 amide bonds. The minimum absolute atomic E-state index is 0.00530. The average Bonchev–Trinajstić information content (AvgIpc) is 3.20. The van der Waals surface area contributed by atoms with Gasteiger partial charge in [0.2, 0.25) is 5.91 Å². The Kier molecular flexibility index (Phi) is 6.29. The number of nitrogens with zero attached hydrogens (tertiary/aromatic N) is 3. The molecule has 2 aromatic rings. The summed E-state index contributed by atoms with van der Waals surface area (Å²) in [6.45, 7) is 9.11. The molecule has 2 N–H and O–H groups in total. The van der Waals surface area contributed by atoms with Crippen molar-refractivity contribution < 1.29 is 14.0 Å². The molecule has 0 bridgehead atoms. The Morgan fingerprint density at radius 1 is 1.32 bits per heavy atom. The van der Waals surface area contributed by atoms with Crippen LogP contribution < -0.4 is 15.5 Å². The number of benzene rings is 1. The van der Waals surface area contributed by atoms with Crippen LogP contribution in [0.25, 0.3) is 11.1 Å². The van der Waals surface area contributed by atoms with Gasteiger partial charge in [-0.3, -0.25) is 14.5 Å². The zero-order valence-electron chi connectivity index (χ0n) is 18.7. The molecule has 8 heteroatoms. The number of Topliss-reactive ketones (excluding diaryl/α,β-unsaturated/α-hetero) is 1. The van der Waals surface area contributed by atoms with Crippen molar-refractivity contribution in [2.45, 2.75) is 57.7 Å². The normalized spacial score (nSPS) is 27.4. The van der Waals surface area contributed by atoms with E-state index in [1.165, 1.54) is 0 Å². The van der Waals surface area contributed by atoms with Crippen LogP contribution in [-0.2, 0) is 9.59 Å². The Morgan fingerprint density at radius 2 is 2.13 bits per heavy atom. The molecule has 1 aromatic heterocycles. The minimum Gasteiger partial charge on any atom is -0.423 e. The lowest BCUT2D eigenvalue weighted by Gasteiger charge is -2.47. The first-order valence-corrected chi connectivity index (χ1v) is 11.3. The molecule has 4 rings (SSSR count). The molecular weight excluding hydrogens is 394 g/mol. The summed E-state index contributed by atoms with van der Waals surface area (Å²) < 4.78 is 5.94. The van der Waals surface area contributed by atoms with E-state index in [4.69, 9.17) is 4.42 Å². The first-order chi connectivity index (χ1) is 14.9. The van der Waals surface area contributed by atoms with Gasteiger partial charge in [-0.15, -0.1) is 0 Å². The van der Waals surface area contributed by atoms with Gasteiger partial charge in [0, 0.05) is 38.8 Å². The Hall–Kier alpha value is -2.45. The van der Waals surface area contributed by atoms with E-state index in [0.29, 0.717) is 25.6 Å². The van der Waals surface area contributed by atoms with E-state index in [1.54, 1.807) is 6.92 Å². The van der Waals surface area contributed by atoms with Crippen molar-refractivity contribution in [2.75, 3.05) is 37.6 Å². The van der Waals surface area contributed by atoms with Gasteiger partial charge in [0.1, 0.15) is 11.6 Å². The lowest BCUT2D eigenvalue weighted by atomic mass is 9.90. The van der Waals surface area contributed by atoms with Crippen molar-refractivity contribution in [3.63, 3.8) is 0 Å². The zero-order chi connectivity index (χ0) is 22.0. The number of piperazine rings is 1. The van der Waals surface area contributed by atoms with E-state index in [2.05, 4.69) is 27.4 Å². The third kappa shape index (κ3) is 4.32. The van der Waals surface area contributed by atoms with E-state index in [0.717, 1.165) is 43.5 Å². The third-order valence-electron chi connectivity index (χ3n) is 6.82. The minimum atomic E-state index is -0.544. The number of carbonyl (C=O) groups excluding carboxylic acids is 2. The molecule has 3 heterocycles. The summed E-state index contributed by atoms with van der Waals surface area (Å²) in [5.74, 6) is 0.140. The van der Waals surface area contributed by atoms with Crippen molar-refractivity contribution >= 4 is 28.8 Å². The Balaban J connectivity index is 1.41. The number of para-hydroxylation sites is 2. The van der Waals surface area contributed by atoms with Crippen LogP contribution in [0, 0.1) is 0 Å². The fraction of sp³-hybridized carbons (Fsp3) is 0.609. The topological polar surface area (TPSA) is 90.7 Å². The van der Waals surface area contributed by atoms with Crippen LogP contribution >= 0.6 is 0 Å². The van der Waals surface area contributed by atoms with Crippen LogP contribution in [0.1, 0.15) is 40.0 Å². The van der Waals surface area contributed by atoms with E-state index in [9.17, 15) is 9.59 Å². The number of rotatable bonds is 6. The van der Waals surface area contributed by atoms with Gasteiger partial charge in [-0.05, 0) is 52.2 Å². The summed E-state index contributed by atoms with van der Waals surface area (Å²) in [7, 11) is 0. The number of oxazole rings is 1. The predicted molar refractivity (Wildman–Crippen MR) is 120 cm³/mol. The molecule has 0 radical (unpaired) electrons. The lowest BCUT2D eigenvalue weighted by molar-refractivity contribution is -0.131. The van der Waals surface area contributed by atoms with Crippen molar-refractivity contribution in [1.29, 1.82) is 0 Å². The number of nitrogens with one attached hydrogen (secondary N) is 2. The van der Waals surface area contributed by atoms with Crippen LogP contribution in [0.4, 0.5) is 6.01 Å². The molecule has 0 spiro atoms. The van der Waals surface area contributed by atoms with E-state index < -0.39 is 5.54 Å². The zero-order valence-corrected chi connectivity index (χ0v) is 18.7. The second-order valence-corrected chi connectivity index (χ2v) is 8.96. The van der Waals surface area contributed by atoms with Crippen molar-refractivity contribution in [3.05, 3.63) is 24.3 Å². The number of hydrogen-bond acceptors (Lipinski definition) is 7. The lowest BCUT2D eigenvalue weighted by Crippen LogP contribution is -2.67. The number of fused-ring (bicyclic) bond motifs is 1. The average molecular weight is 428 g/mol. The number of piperidine rings is 1. The summed E-state index contributed by atoms with van der Waals surface area (Å²) in [4.78, 5) is 34.2. The number of hydrogen-bond donors (Lipinski definition) is 2. The van der Waals surface area contributed by atoms with Crippen molar-refractivity contribution in [3.8, 4) is 0 Å². The summed E-state index contributed by atoms with van der Waals surface area (Å²) in [5, 5.41) is 6.46. The molecule has 2 fully saturated rings.